The molecule has 0 unspecified atom stereocenters. The monoisotopic (exact) mass is 195 g/mol. The molecule has 72 valence electrons. The largest absolute Gasteiger partial charge is 0.359 e. The van der Waals surface area contributed by atoms with Crippen LogP contribution >= 0.6 is 0 Å². The third-order valence-electron chi connectivity index (χ3n) is 2.42. The van der Waals surface area contributed by atoms with Gasteiger partial charge in [0.15, 0.2) is 0 Å². The Morgan fingerprint density at radius 3 is 3.13 bits per heavy atom. The Kier molecular flexibility index (Phi) is 1.75. The van der Waals surface area contributed by atoms with Crippen molar-refractivity contribution in [2.75, 3.05) is 5.32 Å². The van der Waals surface area contributed by atoms with Crippen molar-refractivity contribution in [1.29, 1.82) is 0 Å². The second-order valence-electron chi connectivity index (χ2n) is 3.34. The Morgan fingerprint density at radius 2 is 2.13 bits per heavy atom. The van der Waals surface area contributed by atoms with Crippen molar-refractivity contribution in [2.45, 2.75) is 0 Å². The molecular weight excluding hydrogens is 186 g/mol. The van der Waals surface area contributed by atoms with Gasteiger partial charge < -0.3 is 5.32 Å². The lowest BCUT2D eigenvalue weighted by Gasteiger charge is -2.07. The van der Waals surface area contributed by atoms with Crippen LogP contribution in [0, 0.1) is 0 Å². The predicted molar refractivity (Wildman–Crippen MR) is 62.1 cm³/mol. The number of aromatic nitrogens is 1. The SMILES string of the molecule is C1=CNc2c(ccc3ncccc23)C=N1. The van der Waals surface area contributed by atoms with Crippen LogP contribution in [0.5, 0.6) is 0 Å². The minimum Gasteiger partial charge on any atom is -0.359 e. The summed E-state index contributed by atoms with van der Waals surface area (Å²) in [6.45, 7) is 0. The molecular formula is C12H9N3. The van der Waals surface area contributed by atoms with E-state index >= 15 is 0 Å². The minimum atomic E-state index is 0.993. The van der Waals surface area contributed by atoms with Gasteiger partial charge in [0, 0.05) is 35.8 Å². The summed E-state index contributed by atoms with van der Waals surface area (Å²) < 4.78 is 0. The van der Waals surface area contributed by atoms with E-state index in [1.54, 1.807) is 12.4 Å². The van der Waals surface area contributed by atoms with Gasteiger partial charge in [0.1, 0.15) is 0 Å². The van der Waals surface area contributed by atoms with Gasteiger partial charge in [-0.05, 0) is 24.3 Å². The first-order valence-corrected chi connectivity index (χ1v) is 4.77. The maximum Gasteiger partial charge on any atom is 0.0723 e. The van der Waals surface area contributed by atoms with Crippen molar-refractivity contribution in [3.63, 3.8) is 0 Å². The second kappa shape index (κ2) is 3.20. The molecule has 2 aromatic rings. The van der Waals surface area contributed by atoms with Crippen LogP contribution in [0.4, 0.5) is 5.69 Å². The Balaban J connectivity index is 2.38. The molecule has 1 aliphatic rings. The average Bonchev–Trinajstić information content (AvgIpc) is 2.54. The summed E-state index contributed by atoms with van der Waals surface area (Å²) in [5.74, 6) is 0. The van der Waals surface area contributed by atoms with Gasteiger partial charge in [0.25, 0.3) is 0 Å². The average molecular weight is 195 g/mol. The van der Waals surface area contributed by atoms with Crippen molar-refractivity contribution >= 4 is 22.8 Å². The van der Waals surface area contributed by atoms with Crippen LogP contribution in [0.3, 0.4) is 0 Å². The first-order chi connectivity index (χ1) is 7.45. The van der Waals surface area contributed by atoms with Crippen LogP contribution in [-0.2, 0) is 0 Å². The standard InChI is InChI=1S/C12H9N3/c1-2-10-11(14-5-1)4-3-9-8-13-6-7-15-12(9)10/h1-8,15H. The van der Waals surface area contributed by atoms with Gasteiger partial charge in [-0.1, -0.05) is 0 Å². The molecule has 0 fully saturated rings. The summed E-state index contributed by atoms with van der Waals surface area (Å²) in [6, 6.07) is 8.03. The fourth-order valence-corrected chi connectivity index (χ4v) is 1.72. The third-order valence-corrected chi connectivity index (χ3v) is 2.42. The van der Waals surface area contributed by atoms with E-state index in [2.05, 4.69) is 21.4 Å². The lowest BCUT2D eigenvalue weighted by molar-refractivity contribution is 1.41. The molecule has 3 nitrogen and oxygen atoms in total. The second-order valence-corrected chi connectivity index (χ2v) is 3.34. The van der Waals surface area contributed by atoms with Gasteiger partial charge in [-0.25, -0.2) is 0 Å². The maximum absolute atomic E-state index is 4.31. The molecule has 3 heteroatoms. The Labute approximate surface area is 87.2 Å². The zero-order chi connectivity index (χ0) is 10.1. The highest BCUT2D eigenvalue weighted by Gasteiger charge is 2.06. The van der Waals surface area contributed by atoms with E-state index in [1.807, 2.05) is 30.6 Å². The smallest absolute Gasteiger partial charge is 0.0723 e. The van der Waals surface area contributed by atoms with Crippen molar-refractivity contribution in [1.82, 2.24) is 4.98 Å². The number of aliphatic imine (C=N–C) groups is 1. The molecule has 0 radical (unpaired) electrons. The lowest BCUT2D eigenvalue weighted by atomic mass is 10.1. The molecule has 0 amide bonds. The number of benzene rings is 1. The zero-order valence-electron chi connectivity index (χ0n) is 8.01. The first kappa shape index (κ1) is 8.17. The Bertz CT molecular complexity index is 570. The number of anilines is 1. The highest BCUT2D eigenvalue weighted by molar-refractivity contribution is 6.02. The van der Waals surface area contributed by atoms with Crippen molar-refractivity contribution < 1.29 is 0 Å². The van der Waals surface area contributed by atoms with E-state index in [1.165, 1.54) is 0 Å². The number of nitrogens with zero attached hydrogens (tertiary/aromatic N) is 2. The molecule has 3 rings (SSSR count). The fourth-order valence-electron chi connectivity index (χ4n) is 1.72. The molecule has 1 aromatic heterocycles. The predicted octanol–water partition coefficient (Wildman–Crippen LogP) is 2.55. The van der Waals surface area contributed by atoms with E-state index in [4.69, 9.17) is 0 Å². The van der Waals surface area contributed by atoms with Crippen LogP contribution in [-0.4, -0.2) is 11.2 Å². The summed E-state index contributed by atoms with van der Waals surface area (Å²) >= 11 is 0. The van der Waals surface area contributed by atoms with Crippen molar-refractivity contribution in [3.05, 3.63) is 48.4 Å². The van der Waals surface area contributed by atoms with E-state index in [0.717, 1.165) is 22.2 Å². The molecule has 2 heterocycles. The molecule has 1 N–H and O–H groups in total. The summed E-state index contributed by atoms with van der Waals surface area (Å²) in [4.78, 5) is 8.44. The first-order valence-electron chi connectivity index (χ1n) is 4.77. The molecule has 0 atom stereocenters. The topological polar surface area (TPSA) is 37.3 Å². The summed E-state index contributed by atoms with van der Waals surface area (Å²) in [7, 11) is 0. The van der Waals surface area contributed by atoms with Gasteiger partial charge in [-0.2, -0.15) is 0 Å². The van der Waals surface area contributed by atoms with E-state index in [-0.39, 0.29) is 0 Å². The molecule has 0 bridgehead atoms. The number of hydrogen-bond acceptors (Lipinski definition) is 3. The third kappa shape index (κ3) is 1.29. The van der Waals surface area contributed by atoms with E-state index in [0.29, 0.717) is 0 Å². The van der Waals surface area contributed by atoms with Crippen LogP contribution in [0.25, 0.3) is 10.9 Å². The Morgan fingerprint density at radius 1 is 1.13 bits per heavy atom. The van der Waals surface area contributed by atoms with Gasteiger partial charge in [0.2, 0.25) is 0 Å². The fraction of sp³-hybridized carbons (Fsp3) is 0. The molecule has 15 heavy (non-hydrogen) atoms. The van der Waals surface area contributed by atoms with E-state index in [9.17, 15) is 0 Å². The minimum absolute atomic E-state index is 0.993. The summed E-state index contributed by atoms with van der Waals surface area (Å²) in [5.41, 5.74) is 3.14. The van der Waals surface area contributed by atoms with Gasteiger partial charge in [0.05, 0.1) is 11.2 Å². The normalized spacial score (nSPS) is 13.3. The summed E-state index contributed by atoms with van der Waals surface area (Å²) in [5, 5.41) is 4.34. The lowest BCUT2D eigenvalue weighted by Crippen LogP contribution is -1.94. The molecule has 1 aliphatic heterocycles. The van der Waals surface area contributed by atoms with Gasteiger partial charge in [-0.3, -0.25) is 9.98 Å². The number of hydrogen-bond donors (Lipinski definition) is 1. The van der Waals surface area contributed by atoms with E-state index < -0.39 is 0 Å². The molecule has 0 saturated carbocycles. The zero-order valence-corrected chi connectivity index (χ0v) is 8.01. The highest BCUT2D eigenvalue weighted by Crippen LogP contribution is 2.26. The van der Waals surface area contributed by atoms with Crippen LogP contribution in [0.15, 0.2) is 47.9 Å². The van der Waals surface area contributed by atoms with Gasteiger partial charge >= 0.3 is 0 Å². The Hall–Kier alpha value is -2.16. The van der Waals surface area contributed by atoms with Crippen LogP contribution < -0.4 is 5.32 Å². The number of nitrogens with one attached hydrogen (secondary N) is 1. The molecule has 0 saturated heterocycles. The molecule has 1 aromatic carbocycles. The molecule has 0 spiro atoms. The quantitative estimate of drug-likeness (QED) is 0.701. The van der Waals surface area contributed by atoms with Crippen LogP contribution in [0.2, 0.25) is 0 Å². The van der Waals surface area contributed by atoms with Gasteiger partial charge in [-0.15, -0.1) is 0 Å². The maximum atomic E-state index is 4.31. The summed E-state index contributed by atoms with van der Waals surface area (Å²) in [6.07, 6.45) is 7.21. The molecule has 0 aliphatic carbocycles. The highest BCUT2D eigenvalue weighted by atomic mass is 14.9. The van der Waals surface area contributed by atoms with Crippen molar-refractivity contribution in [3.8, 4) is 0 Å². The van der Waals surface area contributed by atoms with Crippen molar-refractivity contribution in [2.24, 2.45) is 4.99 Å². The van der Waals surface area contributed by atoms with Crippen LogP contribution in [0.1, 0.15) is 5.56 Å². The number of fused-ring (bicyclic) bond motifs is 3. The number of pyridine rings is 1. The number of rotatable bonds is 0.